The highest BCUT2D eigenvalue weighted by atomic mass is 35.5. The van der Waals surface area contributed by atoms with E-state index in [0.717, 1.165) is 19.2 Å². The number of ether oxygens (including phenoxy) is 1. The van der Waals surface area contributed by atoms with Gasteiger partial charge in [-0.1, -0.05) is 22.8 Å². The predicted octanol–water partition coefficient (Wildman–Crippen LogP) is 5.48. The van der Waals surface area contributed by atoms with E-state index < -0.39 is 17.6 Å². The molecule has 1 saturated heterocycles. The first-order chi connectivity index (χ1) is 19.6. The van der Waals surface area contributed by atoms with Gasteiger partial charge in [0.2, 0.25) is 11.7 Å². The van der Waals surface area contributed by atoms with E-state index in [0.29, 0.717) is 30.1 Å². The summed E-state index contributed by atoms with van der Waals surface area (Å²) in [6.07, 6.45) is -3.07. The van der Waals surface area contributed by atoms with Crippen molar-refractivity contribution in [2.75, 3.05) is 45.7 Å². The maximum Gasteiger partial charge on any atom is 0.416 e. The molecule has 13 heteroatoms. The molecule has 1 amide bonds. The number of benzene rings is 2. The van der Waals surface area contributed by atoms with Gasteiger partial charge in [-0.05, 0) is 49.0 Å². The van der Waals surface area contributed by atoms with Crippen LogP contribution in [-0.2, 0) is 12.7 Å². The minimum atomic E-state index is -4.58. The molecule has 5 rings (SSSR count). The first-order valence-electron chi connectivity index (χ1n) is 12.7. The molecule has 0 aliphatic carbocycles. The van der Waals surface area contributed by atoms with Crippen LogP contribution in [0.25, 0.3) is 22.8 Å². The second kappa shape index (κ2) is 11.9. The van der Waals surface area contributed by atoms with Crippen LogP contribution in [0.2, 0.25) is 5.02 Å². The molecule has 214 valence electrons. The number of nitrogens with zero attached hydrogens (tertiary/aromatic N) is 5. The summed E-state index contributed by atoms with van der Waals surface area (Å²) in [5, 5.41) is 6.78. The number of nitrogens with one attached hydrogen (secondary N) is 1. The SMILES string of the molecule is COc1ccc(-c2nc(-c3cc(C(=O)Nc4ccc(CN5CCN(C)CC5)c(C(F)(F)F)c4)ccc3Cl)no2)cn1. The quantitative estimate of drug-likeness (QED) is 0.304. The molecule has 0 atom stereocenters. The molecular weight excluding hydrogens is 561 g/mol. The maximum absolute atomic E-state index is 14.0. The summed E-state index contributed by atoms with van der Waals surface area (Å²) in [4.78, 5) is 25.6. The van der Waals surface area contributed by atoms with Gasteiger partial charge in [0.1, 0.15) is 0 Å². The van der Waals surface area contributed by atoms with E-state index in [9.17, 15) is 18.0 Å². The molecule has 1 aliphatic rings. The Morgan fingerprint density at radius 1 is 1.10 bits per heavy atom. The first-order valence-corrected chi connectivity index (χ1v) is 13.0. The average molecular weight is 587 g/mol. The van der Waals surface area contributed by atoms with Crippen LogP contribution in [0.5, 0.6) is 5.88 Å². The first kappa shape index (κ1) is 28.5. The molecule has 2 aromatic heterocycles. The number of rotatable bonds is 7. The van der Waals surface area contributed by atoms with Crippen LogP contribution in [0, 0.1) is 0 Å². The number of carbonyl (C=O) groups excluding carboxylic acids is 1. The molecule has 9 nitrogen and oxygen atoms in total. The molecule has 1 aliphatic heterocycles. The zero-order valence-electron chi connectivity index (χ0n) is 22.2. The number of likely N-dealkylation sites (N-methyl/N-ethyl adjacent to an activating group) is 1. The van der Waals surface area contributed by atoms with Gasteiger partial charge in [0, 0.05) is 61.8 Å². The van der Waals surface area contributed by atoms with Crippen molar-refractivity contribution < 1.29 is 27.2 Å². The minimum absolute atomic E-state index is 0.0230. The number of anilines is 1. The Morgan fingerprint density at radius 2 is 1.88 bits per heavy atom. The number of amides is 1. The van der Waals surface area contributed by atoms with Gasteiger partial charge in [-0.3, -0.25) is 9.69 Å². The smallest absolute Gasteiger partial charge is 0.416 e. The van der Waals surface area contributed by atoms with Crippen molar-refractivity contribution in [3.05, 3.63) is 76.4 Å². The Morgan fingerprint density at radius 3 is 2.56 bits per heavy atom. The highest BCUT2D eigenvalue weighted by Gasteiger charge is 2.34. The molecule has 0 bridgehead atoms. The molecule has 1 fully saturated rings. The normalized spacial score (nSPS) is 14.7. The summed E-state index contributed by atoms with van der Waals surface area (Å²) in [7, 11) is 3.48. The summed E-state index contributed by atoms with van der Waals surface area (Å²) in [5.74, 6) is 0.105. The third-order valence-electron chi connectivity index (χ3n) is 6.75. The van der Waals surface area contributed by atoms with E-state index in [4.69, 9.17) is 20.9 Å². The maximum atomic E-state index is 14.0. The molecule has 0 spiro atoms. The van der Waals surface area contributed by atoms with Crippen LogP contribution in [-0.4, -0.2) is 71.2 Å². The van der Waals surface area contributed by atoms with Gasteiger partial charge < -0.3 is 19.5 Å². The minimum Gasteiger partial charge on any atom is -0.481 e. The summed E-state index contributed by atoms with van der Waals surface area (Å²) < 4.78 is 52.3. The molecule has 0 radical (unpaired) electrons. The second-order valence-electron chi connectivity index (χ2n) is 9.61. The molecule has 3 heterocycles. The standard InChI is InChI=1S/C28H26ClF3N6O3/c1-37-9-11-38(12-10-37)16-19-3-6-20(14-22(19)28(30,31)32)34-26(39)17-4-7-23(29)21(13-17)25-35-27(41-36-25)18-5-8-24(40-2)33-15-18/h3-8,13-15H,9-12,16H2,1-2H3,(H,34,39). The number of pyridine rings is 1. The van der Waals surface area contributed by atoms with Crippen LogP contribution < -0.4 is 10.1 Å². The summed E-state index contributed by atoms with van der Waals surface area (Å²) in [6.45, 7) is 3.13. The van der Waals surface area contributed by atoms with Crippen LogP contribution in [0.3, 0.4) is 0 Å². The topological polar surface area (TPSA) is 96.6 Å². The lowest BCUT2D eigenvalue weighted by molar-refractivity contribution is -0.138. The second-order valence-corrected chi connectivity index (χ2v) is 10.0. The van der Waals surface area contributed by atoms with Gasteiger partial charge in [0.15, 0.2) is 0 Å². The molecule has 1 N–H and O–H groups in total. The molecule has 41 heavy (non-hydrogen) atoms. The number of alkyl halides is 3. The van der Waals surface area contributed by atoms with E-state index in [1.807, 2.05) is 11.9 Å². The van der Waals surface area contributed by atoms with E-state index >= 15 is 0 Å². The van der Waals surface area contributed by atoms with E-state index in [2.05, 4.69) is 25.3 Å². The van der Waals surface area contributed by atoms with E-state index in [1.165, 1.54) is 43.6 Å². The Labute approximate surface area is 238 Å². The summed E-state index contributed by atoms with van der Waals surface area (Å²) in [6, 6.07) is 11.6. The van der Waals surface area contributed by atoms with Crippen LogP contribution in [0.15, 0.2) is 59.3 Å². The van der Waals surface area contributed by atoms with Crippen molar-refractivity contribution >= 4 is 23.2 Å². The van der Waals surface area contributed by atoms with Crippen molar-refractivity contribution in [2.24, 2.45) is 0 Å². The fourth-order valence-corrected chi connectivity index (χ4v) is 4.62. The third-order valence-corrected chi connectivity index (χ3v) is 7.08. The van der Waals surface area contributed by atoms with Crippen LogP contribution in [0.1, 0.15) is 21.5 Å². The van der Waals surface area contributed by atoms with Crippen molar-refractivity contribution in [3.8, 4) is 28.7 Å². The fourth-order valence-electron chi connectivity index (χ4n) is 4.42. The fraction of sp³-hybridized carbons (Fsp3) is 0.286. The van der Waals surface area contributed by atoms with Crippen molar-refractivity contribution in [3.63, 3.8) is 0 Å². The summed E-state index contributed by atoms with van der Waals surface area (Å²) >= 11 is 6.35. The van der Waals surface area contributed by atoms with Crippen LogP contribution in [0.4, 0.5) is 18.9 Å². The van der Waals surface area contributed by atoms with E-state index in [1.54, 1.807) is 12.1 Å². The Bertz CT molecular complexity index is 1540. The number of carbonyl (C=O) groups is 1. The molecule has 0 unspecified atom stereocenters. The number of piperazine rings is 1. The zero-order valence-corrected chi connectivity index (χ0v) is 23.0. The molecule has 2 aromatic carbocycles. The highest BCUT2D eigenvalue weighted by Crippen LogP contribution is 2.35. The zero-order chi connectivity index (χ0) is 29.1. The monoisotopic (exact) mass is 586 g/mol. The Hall–Kier alpha value is -4.00. The van der Waals surface area contributed by atoms with Gasteiger partial charge in [0.05, 0.1) is 23.3 Å². The number of halogens is 4. The number of methoxy groups -OCH3 is 1. The third kappa shape index (κ3) is 6.67. The number of hydrogen-bond donors (Lipinski definition) is 1. The molecular formula is C28H26ClF3N6O3. The van der Waals surface area contributed by atoms with Crippen molar-refractivity contribution in [2.45, 2.75) is 12.7 Å². The van der Waals surface area contributed by atoms with Crippen molar-refractivity contribution in [1.82, 2.24) is 24.9 Å². The van der Waals surface area contributed by atoms with Gasteiger partial charge in [-0.25, -0.2) is 4.98 Å². The van der Waals surface area contributed by atoms with Gasteiger partial charge in [-0.15, -0.1) is 0 Å². The lowest BCUT2D eigenvalue weighted by Crippen LogP contribution is -2.44. The molecule has 4 aromatic rings. The average Bonchev–Trinajstić information content (AvgIpc) is 3.45. The number of hydrogen-bond acceptors (Lipinski definition) is 8. The largest absolute Gasteiger partial charge is 0.481 e. The van der Waals surface area contributed by atoms with E-state index in [-0.39, 0.29) is 40.1 Å². The van der Waals surface area contributed by atoms with Gasteiger partial charge in [-0.2, -0.15) is 18.2 Å². The lowest BCUT2D eigenvalue weighted by atomic mass is 10.0. The van der Waals surface area contributed by atoms with Gasteiger partial charge >= 0.3 is 6.18 Å². The number of aromatic nitrogens is 3. The molecule has 0 saturated carbocycles. The van der Waals surface area contributed by atoms with Crippen molar-refractivity contribution in [1.29, 1.82) is 0 Å². The predicted molar refractivity (Wildman–Crippen MR) is 147 cm³/mol. The highest BCUT2D eigenvalue weighted by molar-refractivity contribution is 6.33. The van der Waals surface area contributed by atoms with Gasteiger partial charge in [0.25, 0.3) is 11.8 Å². The Kier molecular flexibility index (Phi) is 8.25. The van der Waals surface area contributed by atoms with Crippen LogP contribution >= 0.6 is 11.6 Å². The lowest BCUT2D eigenvalue weighted by Gasteiger charge is -2.33. The summed E-state index contributed by atoms with van der Waals surface area (Å²) in [5.41, 5.74) is 0.416. The Balaban J connectivity index is 1.34.